The van der Waals surface area contributed by atoms with Crippen molar-refractivity contribution in [2.75, 3.05) is 7.05 Å². The Kier molecular flexibility index (Phi) is 2.92. The van der Waals surface area contributed by atoms with Crippen LogP contribution in [-0.2, 0) is 0 Å². The highest BCUT2D eigenvalue weighted by Gasteiger charge is 2.32. The first-order valence-electron chi connectivity index (χ1n) is 6.72. The third-order valence-corrected chi connectivity index (χ3v) is 4.09. The van der Waals surface area contributed by atoms with E-state index >= 15 is 0 Å². The van der Waals surface area contributed by atoms with Crippen molar-refractivity contribution in [3.8, 4) is 11.1 Å². The molecule has 92 valence electrons. The fourth-order valence-electron chi connectivity index (χ4n) is 3.23. The van der Waals surface area contributed by atoms with Gasteiger partial charge in [0.25, 0.3) is 0 Å². The summed E-state index contributed by atoms with van der Waals surface area (Å²) >= 11 is 0. The molecule has 0 heterocycles. The molecule has 1 aliphatic rings. The quantitative estimate of drug-likeness (QED) is 0.856. The van der Waals surface area contributed by atoms with Crippen LogP contribution < -0.4 is 5.32 Å². The molecule has 1 unspecified atom stereocenters. The fourth-order valence-corrected chi connectivity index (χ4v) is 3.23. The molecular formula is C17H19N. The van der Waals surface area contributed by atoms with Gasteiger partial charge in [0.15, 0.2) is 0 Å². The number of fused-ring (bicyclic) bond motifs is 3. The highest BCUT2D eigenvalue weighted by Crippen LogP contribution is 2.46. The van der Waals surface area contributed by atoms with Crippen LogP contribution in [0.2, 0.25) is 0 Å². The topological polar surface area (TPSA) is 12.0 Å². The van der Waals surface area contributed by atoms with Crippen LogP contribution in [0.15, 0.2) is 48.5 Å². The average molecular weight is 237 g/mol. The number of hydrogen-bond donors (Lipinski definition) is 1. The van der Waals surface area contributed by atoms with Crippen LogP contribution in [0.5, 0.6) is 0 Å². The Bertz CT molecular complexity index is 510. The minimum atomic E-state index is 0.493. The average Bonchev–Trinajstić information content (AvgIpc) is 2.76. The fraction of sp³-hybridized carbons (Fsp3) is 0.294. The minimum absolute atomic E-state index is 0.493. The molecule has 1 N–H and O–H groups in total. The predicted molar refractivity (Wildman–Crippen MR) is 76.9 cm³/mol. The Morgan fingerprint density at radius 3 is 1.89 bits per heavy atom. The summed E-state index contributed by atoms with van der Waals surface area (Å²) in [5.74, 6) is 0.493. The smallest absolute Gasteiger partial charge is 0.0255 e. The molecule has 0 amide bonds. The van der Waals surface area contributed by atoms with Crippen molar-refractivity contribution in [2.45, 2.75) is 25.3 Å². The van der Waals surface area contributed by atoms with Crippen LogP contribution in [0.25, 0.3) is 11.1 Å². The Balaban J connectivity index is 2.20. The lowest BCUT2D eigenvalue weighted by Crippen LogP contribution is -2.31. The van der Waals surface area contributed by atoms with Crippen LogP contribution in [0.4, 0.5) is 0 Å². The second-order valence-corrected chi connectivity index (χ2v) is 4.96. The van der Waals surface area contributed by atoms with Crippen molar-refractivity contribution < 1.29 is 0 Å². The molecule has 0 aliphatic heterocycles. The van der Waals surface area contributed by atoms with Crippen molar-refractivity contribution in [1.29, 1.82) is 0 Å². The Hall–Kier alpha value is -1.60. The van der Waals surface area contributed by atoms with Crippen LogP contribution >= 0.6 is 0 Å². The lowest BCUT2D eigenvalue weighted by atomic mass is 9.88. The first-order valence-corrected chi connectivity index (χ1v) is 6.72. The van der Waals surface area contributed by atoms with Crippen molar-refractivity contribution in [3.05, 3.63) is 59.7 Å². The summed E-state index contributed by atoms with van der Waals surface area (Å²) in [5, 5.41) is 3.48. The van der Waals surface area contributed by atoms with Gasteiger partial charge >= 0.3 is 0 Å². The maximum absolute atomic E-state index is 3.48. The van der Waals surface area contributed by atoms with E-state index in [-0.39, 0.29) is 0 Å². The van der Waals surface area contributed by atoms with E-state index in [1.165, 1.54) is 22.3 Å². The third-order valence-electron chi connectivity index (χ3n) is 4.09. The van der Waals surface area contributed by atoms with E-state index in [0.717, 1.165) is 6.42 Å². The first-order chi connectivity index (χ1) is 8.86. The van der Waals surface area contributed by atoms with Gasteiger partial charge in [0.1, 0.15) is 0 Å². The predicted octanol–water partition coefficient (Wildman–Crippen LogP) is 3.80. The summed E-state index contributed by atoms with van der Waals surface area (Å²) < 4.78 is 0. The third kappa shape index (κ3) is 1.58. The summed E-state index contributed by atoms with van der Waals surface area (Å²) in [7, 11) is 2.07. The highest BCUT2D eigenvalue weighted by molar-refractivity contribution is 5.79. The second-order valence-electron chi connectivity index (χ2n) is 4.96. The van der Waals surface area contributed by atoms with Gasteiger partial charge in [0.05, 0.1) is 0 Å². The van der Waals surface area contributed by atoms with Gasteiger partial charge in [0, 0.05) is 12.0 Å². The van der Waals surface area contributed by atoms with Gasteiger partial charge in [-0.05, 0) is 35.7 Å². The number of rotatable bonds is 3. The zero-order valence-corrected chi connectivity index (χ0v) is 11.0. The Morgan fingerprint density at radius 1 is 0.944 bits per heavy atom. The van der Waals surface area contributed by atoms with E-state index in [1.807, 2.05) is 0 Å². The maximum Gasteiger partial charge on any atom is 0.0255 e. The van der Waals surface area contributed by atoms with Crippen LogP contribution in [0.3, 0.4) is 0 Å². The molecule has 0 radical (unpaired) electrons. The van der Waals surface area contributed by atoms with Gasteiger partial charge in [-0.1, -0.05) is 55.5 Å². The van der Waals surface area contributed by atoms with Crippen molar-refractivity contribution in [2.24, 2.45) is 0 Å². The van der Waals surface area contributed by atoms with Gasteiger partial charge in [0.2, 0.25) is 0 Å². The van der Waals surface area contributed by atoms with E-state index in [9.17, 15) is 0 Å². The summed E-state index contributed by atoms with van der Waals surface area (Å²) in [6.07, 6.45) is 1.14. The Morgan fingerprint density at radius 2 is 1.44 bits per heavy atom. The molecule has 0 spiro atoms. The van der Waals surface area contributed by atoms with Crippen LogP contribution in [-0.4, -0.2) is 13.1 Å². The lowest BCUT2D eigenvalue weighted by molar-refractivity contribution is 0.497. The Labute approximate surface area is 109 Å². The summed E-state index contributed by atoms with van der Waals surface area (Å²) in [5.41, 5.74) is 5.76. The number of nitrogens with one attached hydrogen (secondary N) is 1. The summed E-state index contributed by atoms with van der Waals surface area (Å²) in [4.78, 5) is 0. The molecule has 1 aliphatic carbocycles. The molecule has 0 saturated carbocycles. The second kappa shape index (κ2) is 4.58. The summed E-state index contributed by atoms with van der Waals surface area (Å²) in [6.45, 7) is 2.25. The van der Waals surface area contributed by atoms with E-state index < -0.39 is 0 Å². The number of likely N-dealkylation sites (N-methyl/N-ethyl adjacent to an activating group) is 1. The molecule has 0 saturated heterocycles. The van der Waals surface area contributed by atoms with Gasteiger partial charge in [-0.2, -0.15) is 0 Å². The molecule has 0 aromatic heterocycles. The molecular weight excluding hydrogens is 218 g/mol. The van der Waals surface area contributed by atoms with Crippen molar-refractivity contribution in [1.82, 2.24) is 5.32 Å². The molecule has 1 atom stereocenters. The van der Waals surface area contributed by atoms with Crippen LogP contribution in [0, 0.1) is 0 Å². The number of hydrogen-bond acceptors (Lipinski definition) is 1. The number of benzene rings is 2. The van der Waals surface area contributed by atoms with Gasteiger partial charge in [-0.15, -0.1) is 0 Å². The molecule has 0 bridgehead atoms. The minimum Gasteiger partial charge on any atom is -0.316 e. The zero-order chi connectivity index (χ0) is 12.5. The molecule has 2 aromatic rings. The SMILES string of the molecule is CCC(NC)C1c2ccccc2-c2ccccc21. The van der Waals surface area contributed by atoms with E-state index in [4.69, 9.17) is 0 Å². The van der Waals surface area contributed by atoms with Gasteiger partial charge < -0.3 is 5.32 Å². The summed E-state index contributed by atoms with van der Waals surface area (Å²) in [6, 6.07) is 18.1. The maximum atomic E-state index is 3.48. The largest absolute Gasteiger partial charge is 0.316 e. The molecule has 18 heavy (non-hydrogen) atoms. The van der Waals surface area contributed by atoms with E-state index in [0.29, 0.717) is 12.0 Å². The molecule has 3 rings (SSSR count). The molecule has 0 fully saturated rings. The van der Waals surface area contributed by atoms with E-state index in [2.05, 4.69) is 67.8 Å². The monoisotopic (exact) mass is 237 g/mol. The van der Waals surface area contributed by atoms with Crippen LogP contribution in [0.1, 0.15) is 30.4 Å². The van der Waals surface area contributed by atoms with Crippen molar-refractivity contribution >= 4 is 0 Å². The van der Waals surface area contributed by atoms with Gasteiger partial charge in [-0.3, -0.25) is 0 Å². The normalized spacial score (nSPS) is 15.2. The highest BCUT2D eigenvalue weighted by atomic mass is 14.9. The van der Waals surface area contributed by atoms with E-state index in [1.54, 1.807) is 0 Å². The molecule has 1 nitrogen and oxygen atoms in total. The standard InChI is InChI=1S/C17H19N/c1-3-16(18-2)17-14-10-6-4-8-12(14)13-9-5-7-11-15(13)17/h4-11,16-18H,3H2,1-2H3. The van der Waals surface area contributed by atoms with Crippen molar-refractivity contribution in [3.63, 3.8) is 0 Å². The molecule has 1 heteroatoms. The first kappa shape index (κ1) is 11.5. The van der Waals surface area contributed by atoms with Gasteiger partial charge in [-0.25, -0.2) is 0 Å². The lowest BCUT2D eigenvalue weighted by Gasteiger charge is -2.24. The molecule has 2 aromatic carbocycles. The zero-order valence-electron chi connectivity index (χ0n) is 11.0.